The highest BCUT2D eigenvalue weighted by Crippen LogP contribution is 2.49. The van der Waals surface area contributed by atoms with Gasteiger partial charge in [0.25, 0.3) is 0 Å². The van der Waals surface area contributed by atoms with Gasteiger partial charge in [0.2, 0.25) is 5.43 Å². The highest BCUT2D eigenvalue weighted by Gasteiger charge is 2.37. The molecule has 1 saturated carbocycles. The number of hydrogen-bond donors (Lipinski definition) is 0. The van der Waals surface area contributed by atoms with Crippen molar-refractivity contribution in [2.75, 3.05) is 6.61 Å². The fourth-order valence-electron chi connectivity index (χ4n) is 4.19. The Balaban J connectivity index is 2.03. The minimum atomic E-state index is -0.631. The van der Waals surface area contributed by atoms with Crippen molar-refractivity contribution in [3.63, 3.8) is 0 Å². The molecule has 0 radical (unpaired) electrons. The van der Waals surface area contributed by atoms with Crippen LogP contribution in [0.15, 0.2) is 23.1 Å². The quantitative estimate of drug-likeness (QED) is 0.797. The van der Waals surface area contributed by atoms with Crippen molar-refractivity contribution in [2.45, 2.75) is 44.6 Å². The van der Waals surface area contributed by atoms with Gasteiger partial charge in [-0.2, -0.15) is 0 Å². The van der Waals surface area contributed by atoms with E-state index in [9.17, 15) is 14.0 Å². The van der Waals surface area contributed by atoms with Crippen LogP contribution in [-0.4, -0.2) is 17.1 Å². The van der Waals surface area contributed by atoms with E-state index in [1.807, 2.05) is 4.57 Å². The Morgan fingerprint density at radius 3 is 2.91 bits per heavy atom. The fourth-order valence-corrected chi connectivity index (χ4v) is 4.19. The van der Waals surface area contributed by atoms with Crippen molar-refractivity contribution in [2.24, 2.45) is 0 Å². The number of aromatic nitrogens is 1. The molecule has 4 rings (SSSR count). The molecule has 0 bridgehead atoms. The average molecular weight is 315 g/mol. The lowest BCUT2D eigenvalue weighted by Gasteiger charge is -2.27. The molecule has 1 aliphatic carbocycles. The maximum atomic E-state index is 14.1. The third kappa shape index (κ3) is 2.02. The number of benzene rings is 1. The summed E-state index contributed by atoms with van der Waals surface area (Å²) < 4.78 is 21.1. The first kappa shape index (κ1) is 14.4. The molecule has 4 nitrogen and oxygen atoms in total. The van der Waals surface area contributed by atoms with Crippen LogP contribution in [0.4, 0.5) is 4.39 Å². The molecular formula is C18H18FNO3. The van der Waals surface area contributed by atoms with E-state index >= 15 is 0 Å². The minimum Gasteiger partial charge on any atom is -0.462 e. The van der Waals surface area contributed by atoms with Gasteiger partial charge in [0, 0.05) is 23.5 Å². The second-order valence-corrected chi connectivity index (χ2v) is 6.35. The maximum Gasteiger partial charge on any atom is 0.343 e. The number of carbonyl (C=O) groups excluding carboxylic acids is 1. The number of hydrogen-bond acceptors (Lipinski definition) is 3. The van der Waals surface area contributed by atoms with Crippen LogP contribution in [0.5, 0.6) is 0 Å². The molecule has 2 aliphatic rings. The predicted molar refractivity (Wildman–Crippen MR) is 84.4 cm³/mol. The van der Waals surface area contributed by atoms with Crippen molar-refractivity contribution >= 4 is 16.9 Å². The lowest BCUT2D eigenvalue weighted by molar-refractivity contribution is 0.0524. The van der Waals surface area contributed by atoms with Gasteiger partial charge in [0.1, 0.15) is 11.4 Å². The minimum absolute atomic E-state index is 0.00197. The number of esters is 1. The highest BCUT2D eigenvalue weighted by molar-refractivity contribution is 5.95. The molecule has 1 aromatic heterocycles. The fraction of sp³-hybridized carbons (Fsp3) is 0.444. The number of ether oxygens (including phenoxy) is 1. The second-order valence-electron chi connectivity index (χ2n) is 6.35. The topological polar surface area (TPSA) is 48.3 Å². The van der Waals surface area contributed by atoms with Crippen molar-refractivity contribution in [3.05, 3.63) is 45.5 Å². The summed E-state index contributed by atoms with van der Waals surface area (Å²) in [6.07, 6.45) is 5.83. The van der Waals surface area contributed by atoms with Gasteiger partial charge in [-0.05, 0) is 37.5 Å². The van der Waals surface area contributed by atoms with Gasteiger partial charge < -0.3 is 9.30 Å². The van der Waals surface area contributed by atoms with E-state index in [4.69, 9.17) is 4.74 Å². The molecule has 1 aromatic carbocycles. The number of rotatable bonds is 2. The van der Waals surface area contributed by atoms with Gasteiger partial charge >= 0.3 is 5.97 Å². The molecule has 0 saturated heterocycles. The zero-order chi connectivity index (χ0) is 16.1. The van der Waals surface area contributed by atoms with Gasteiger partial charge in [-0.25, -0.2) is 9.18 Å². The number of nitrogens with zero attached hydrogens (tertiary/aromatic N) is 1. The molecular weight excluding hydrogens is 297 g/mol. The Morgan fingerprint density at radius 1 is 1.35 bits per heavy atom. The first-order valence-electron chi connectivity index (χ1n) is 8.17. The van der Waals surface area contributed by atoms with Crippen LogP contribution in [-0.2, 0) is 4.74 Å². The van der Waals surface area contributed by atoms with Crippen molar-refractivity contribution in [1.82, 2.24) is 4.57 Å². The van der Waals surface area contributed by atoms with E-state index in [0.717, 1.165) is 36.8 Å². The lowest BCUT2D eigenvalue weighted by Crippen LogP contribution is -2.22. The van der Waals surface area contributed by atoms with E-state index < -0.39 is 17.2 Å². The van der Waals surface area contributed by atoms with Gasteiger partial charge in [-0.15, -0.1) is 0 Å². The Morgan fingerprint density at radius 2 is 2.13 bits per heavy atom. The van der Waals surface area contributed by atoms with Gasteiger partial charge in [0.15, 0.2) is 0 Å². The van der Waals surface area contributed by atoms with Crippen molar-refractivity contribution < 1.29 is 13.9 Å². The molecule has 5 heteroatoms. The van der Waals surface area contributed by atoms with Crippen LogP contribution < -0.4 is 5.43 Å². The molecule has 120 valence electrons. The van der Waals surface area contributed by atoms with Crippen LogP contribution >= 0.6 is 0 Å². The van der Waals surface area contributed by atoms with Crippen LogP contribution in [0, 0.1) is 5.82 Å². The zero-order valence-corrected chi connectivity index (χ0v) is 13.0. The summed E-state index contributed by atoms with van der Waals surface area (Å²) >= 11 is 0. The molecule has 1 aliphatic heterocycles. The third-order valence-electron chi connectivity index (χ3n) is 5.10. The van der Waals surface area contributed by atoms with E-state index in [1.54, 1.807) is 19.2 Å². The Hall–Kier alpha value is -2.17. The molecule has 2 atom stereocenters. The molecule has 2 aromatic rings. The summed E-state index contributed by atoms with van der Waals surface area (Å²) in [4.78, 5) is 24.8. The summed E-state index contributed by atoms with van der Waals surface area (Å²) in [5, 5.41) is 0.292. The Bertz CT molecular complexity index is 871. The molecule has 2 heterocycles. The first-order valence-corrected chi connectivity index (χ1v) is 8.17. The Labute approximate surface area is 132 Å². The van der Waals surface area contributed by atoms with Gasteiger partial charge in [-0.3, -0.25) is 4.79 Å². The van der Waals surface area contributed by atoms with E-state index in [2.05, 4.69) is 0 Å². The van der Waals surface area contributed by atoms with Crippen molar-refractivity contribution in [3.8, 4) is 0 Å². The highest BCUT2D eigenvalue weighted by atomic mass is 19.1. The number of pyridine rings is 1. The number of fused-ring (bicyclic) bond motifs is 3. The van der Waals surface area contributed by atoms with Crippen LogP contribution in [0.2, 0.25) is 0 Å². The van der Waals surface area contributed by atoms with E-state index in [0.29, 0.717) is 5.39 Å². The van der Waals surface area contributed by atoms with E-state index in [-0.39, 0.29) is 24.1 Å². The summed E-state index contributed by atoms with van der Waals surface area (Å²) in [6.45, 7) is 1.90. The smallest absolute Gasteiger partial charge is 0.343 e. The van der Waals surface area contributed by atoms with Crippen molar-refractivity contribution in [1.29, 1.82) is 0 Å². The maximum absolute atomic E-state index is 14.1. The van der Waals surface area contributed by atoms with Gasteiger partial charge in [0.05, 0.1) is 12.1 Å². The molecule has 0 N–H and O–H groups in total. The number of halogens is 1. The predicted octanol–water partition coefficient (Wildman–Crippen LogP) is 3.53. The standard InChI is InChI=1S/C18H18FNO3/c1-2-23-18(22)14-9-20-15-6-4-3-5-11(15)12-7-10(19)8-13(16(12)20)17(14)21/h7-9,11,15H,2-6H2,1H3. The molecule has 23 heavy (non-hydrogen) atoms. The van der Waals surface area contributed by atoms with E-state index in [1.165, 1.54) is 6.07 Å². The second kappa shape index (κ2) is 5.18. The largest absolute Gasteiger partial charge is 0.462 e. The SMILES string of the molecule is CCOC(=O)c1cn2c3c(cc(F)cc3c1=O)C1CCCCC12. The Kier molecular flexibility index (Phi) is 3.25. The van der Waals surface area contributed by atoms with Crippen LogP contribution in [0.25, 0.3) is 10.9 Å². The van der Waals surface area contributed by atoms with Crippen LogP contribution in [0.3, 0.4) is 0 Å². The first-order chi connectivity index (χ1) is 11.1. The van der Waals surface area contributed by atoms with Gasteiger partial charge in [-0.1, -0.05) is 12.8 Å². The molecule has 0 spiro atoms. The summed E-state index contributed by atoms with van der Waals surface area (Å²) in [5.41, 5.74) is 1.27. The average Bonchev–Trinajstić information content (AvgIpc) is 2.85. The molecule has 0 amide bonds. The van der Waals surface area contributed by atoms with Crippen LogP contribution in [0.1, 0.15) is 60.5 Å². The normalized spacial score (nSPS) is 22.2. The summed E-state index contributed by atoms with van der Waals surface area (Å²) in [5.74, 6) is -0.810. The monoisotopic (exact) mass is 315 g/mol. The number of carbonyl (C=O) groups is 1. The third-order valence-corrected chi connectivity index (χ3v) is 5.10. The summed E-state index contributed by atoms with van der Waals surface area (Å²) in [6, 6.07) is 3.01. The summed E-state index contributed by atoms with van der Waals surface area (Å²) in [7, 11) is 0. The lowest BCUT2D eigenvalue weighted by atomic mass is 9.82. The zero-order valence-electron chi connectivity index (χ0n) is 13.0. The molecule has 1 fully saturated rings. The molecule has 2 unspecified atom stereocenters.